The summed E-state index contributed by atoms with van der Waals surface area (Å²) >= 11 is 0. The molecule has 2 amide bonds. The highest BCUT2D eigenvalue weighted by Gasteiger charge is 2.27. The lowest BCUT2D eigenvalue weighted by molar-refractivity contribution is -0.135. The normalized spacial score (nSPS) is 19.3. The number of hydrogen-bond acceptors (Lipinski definition) is 3. The summed E-state index contributed by atoms with van der Waals surface area (Å²) in [7, 11) is 0. The van der Waals surface area contributed by atoms with Crippen LogP contribution in [0.3, 0.4) is 0 Å². The van der Waals surface area contributed by atoms with Gasteiger partial charge in [-0.1, -0.05) is 30.3 Å². The molecule has 0 aliphatic carbocycles. The molecule has 5 nitrogen and oxygen atoms in total. The standard InChI is InChI=1S/C14H13N3O2/c18-13-7-6-12(14(19)16-13)17-8-11(15-9-17)10-4-2-1-3-5-10/h1-5,8-9,12H,6-7H2,(H,16,18,19). The Hall–Kier alpha value is -2.43. The van der Waals surface area contributed by atoms with Crippen molar-refractivity contribution < 1.29 is 9.59 Å². The third-order valence-corrected chi connectivity index (χ3v) is 3.24. The van der Waals surface area contributed by atoms with Crippen molar-refractivity contribution in [1.82, 2.24) is 14.9 Å². The fourth-order valence-corrected chi connectivity index (χ4v) is 2.23. The SMILES string of the molecule is O=C1CCC(n2cnc(-c3ccccc3)c2)C(=O)N1. The molecule has 2 aromatic rings. The number of hydrogen-bond donors (Lipinski definition) is 1. The monoisotopic (exact) mass is 255 g/mol. The topological polar surface area (TPSA) is 64.0 Å². The Labute approximate surface area is 110 Å². The van der Waals surface area contributed by atoms with Gasteiger partial charge in [0, 0.05) is 18.2 Å². The van der Waals surface area contributed by atoms with Gasteiger partial charge in [0.15, 0.2) is 0 Å². The summed E-state index contributed by atoms with van der Waals surface area (Å²) in [5.41, 5.74) is 1.83. The zero-order valence-electron chi connectivity index (χ0n) is 10.2. The average molecular weight is 255 g/mol. The molecular weight excluding hydrogens is 242 g/mol. The number of piperidine rings is 1. The quantitative estimate of drug-likeness (QED) is 0.828. The van der Waals surface area contributed by atoms with Crippen molar-refractivity contribution in [1.29, 1.82) is 0 Å². The Bertz CT molecular complexity index is 619. The first-order chi connectivity index (χ1) is 9.24. The van der Waals surface area contributed by atoms with Crippen molar-refractivity contribution in [3.05, 3.63) is 42.9 Å². The van der Waals surface area contributed by atoms with Crippen molar-refractivity contribution in [2.24, 2.45) is 0 Å². The number of imidazole rings is 1. The van der Waals surface area contributed by atoms with E-state index in [0.717, 1.165) is 11.3 Å². The molecule has 1 N–H and O–H groups in total. The van der Waals surface area contributed by atoms with Crippen LogP contribution in [0.4, 0.5) is 0 Å². The first kappa shape index (κ1) is 11.6. The lowest BCUT2D eigenvalue weighted by Crippen LogP contribution is -2.41. The average Bonchev–Trinajstić information content (AvgIpc) is 2.89. The molecule has 0 bridgehead atoms. The van der Waals surface area contributed by atoms with E-state index in [9.17, 15) is 9.59 Å². The van der Waals surface area contributed by atoms with Crippen LogP contribution < -0.4 is 5.32 Å². The number of carbonyl (C=O) groups excluding carboxylic acids is 2. The fourth-order valence-electron chi connectivity index (χ4n) is 2.23. The summed E-state index contributed by atoms with van der Waals surface area (Å²) in [6.45, 7) is 0. The van der Waals surface area contributed by atoms with Gasteiger partial charge < -0.3 is 4.57 Å². The highest BCUT2D eigenvalue weighted by Crippen LogP contribution is 2.22. The van der Waals surface area contributed by atoms with Gasteiger partial charge in [-0.3, -0.25) is 14.9 Å². The zero-order valence-corrected chi connectivity index (χ0v) is 10.2. The fraction of sp³-hybridized carbons (Fsp3) is 0.214. The van der Waals surface area contributed by atoms with Crippen LogP contribution in [0.15, 0.2) is 42.9 Å². The Morgan fingerprint density at radius 2 is 2.00 bits per heavy atom. The molecule has 0 radical (unpaired) electrons. The summed E-state index contributed by atoms with van der Waals surface area (Å²) < 4.78 is 1.77. The molecule has 3 rings (SSSR count). The van der Waals surface area contributed by atoms with Crippen LogP contribution in [0.25, 0.3) is 11.3 Å². The van der Waals surface area contributed by atoms with Gasteiger partial charge in [-0.15, -0.1) is 0 Å². The third kappa shape index (κ3) is 2.27. The van der Waals surface area contributed by atoms with Crippen LogP contribution in [-0.2, 0) is 9.59 Å². The molecule has 0 saturated carbocycles. The van der Waals surface area contributed by atoms with E-state index in [-0.39, 0.29) is 17.9 Å². The van der Waals surface area contributed by atoms with Gasteiger partial charge in [-0.25, -0.2) is 4.98 Å². The number of nitrogens with zero attached hydrogens (tertiary/aromatic N) is 2. The number of rotatable bonds is 2. The molecule has 0 spiro atoms. The van der Waals surface area contributed by atoms with Crippen molar-refractivity contribution in [2.45, 2.75) is 18.9 Å². The molecular formula is C14H13N3O2. The second-order valence-electron chi connectivity index (χ2n) is 4.54. The van der Waals surface area contributed by atoms with Crippen molar-refractivity contribution >= 4 is 11.8 Å². The van der Waals surface area contributed by atoms with E-state index in [0.29, 0.717) is 12.8 Å². The van der Waals surface area contributed by atoms with E-state index >= 15 is 0 Å². The minimum absolute atomic E-state index is 0.204. The number of imide groups is 1. The van der Waals surface area contributed by atoms with Crippen LogP contribution >= 0.6 is 0 Å². The lowest BCUT2D eigenvalue weighted by atomic mass is 10.1. The molecule has 1 aliphatic rings. The number of carbonyl (C=O) groups is 2. The predicted octanol–water partition coefficient (Wildman–Crippen LogP) is 1.53. The van der Waals surface area contributed by atoms with Crippen molar-refractivity contribution in [2.75, 3.05) is 0 Å². The van der Waals surface area contributed by atoms with E-state index in [4.69, 9.17) is 0 Å². The Morgan fingerprint density at radius 3 is 2.74 bits per heavy atom. The van der Waals surface area contributed by atoms with Gasteiger partial charge >= 0.3 is 0 Å². The molecule has 5 heteroatoms. The van der Waals surface area contributed by atoms with Crippen molar-refractivity contribution in [3.63, 3.8) is 0 Å². The molecule has 19 heavy (non-hydrogen) atoms. The van der Waals surface area contributed by atoms with Crippen LogP contribution in [-0.4, -0.2) is 21.4 Å². The number of aromatic nitrogens is 2. The molecule has 2 heterocycles. The molecule has 1 aromatic heterocycles. The molecule has 1 atom stereocenters. The van der Waals surface area contributed by atoms with Gasteiger partial charge in [0.25, 0.3) is 0 Å². The number of amides is 2. The Balaban J connectivity index is 1.86. The van der Waals surface area contributed by atoms with Crippen LogP contribution in [0.1, 0.15) is 18.9 Å². The maximum absolute atomic E-state index is 11.8. The summed E-state index contributed by atoms with van der Waals surface area (Å²) in [6, 6.07) is 9.43. The Kier molecular flexibility index (Phi) is 2.87. The largest absolute Gasteiger partial charge is 0.324 e. The van der Waals surface area contributed by atoms with E-state index in [1.165, 1.54) is 0 Å². The molecule has 96 valence electrons. The molecule has 1 fully saturated rings. The first-order valence-corrected chi connectivity index (χ1v) is 6.16. The summed E-state index contributed by atoms with van der Waals surface area (Å²) in [5, 5.41) is 2.35. The molecule has 1 aromatic carbocycles. The zero-order chi connectivity index (χ0) is 13.2. The third-order valence-electron chi connectivity index (χ3n) is 3.24. The Morgan fingerprint density at radius 1 is 1.21 bits per heavy atom. The number of nitrogens with one attached hydrogen (secondary N) is 1. The second-order valence-corrected chi connectivity index (χ2v) is 4.54. The van der Waals surface area contributed by atoms with Gasteiger partial charge in [0.05, 0.1) is 12.0 Å². The van der Waals surface area contributed by atoms with E-state index < -0.39 is 0 Å². The van der Waals surface area contributed by atoms with E-state index in [1.807, 2.05) is 36.5 Å². The van der Waals surface area contributed by atoms with E-state index in [1.54, 1.807) is 10.9 Å². The lowest BCUT2D eigenvalue weighted by Gasteiger charge is -2.21. The maximum atomic E-state index is 11.8. The van der Waals surface area contributed by atoms with Gasteiger partial charge in [0.1, 0.15) is 6.04 Å². The summed E-state index contributed by atoms with van der Waals surface area (Å²) in [5.74, 6) is -0.460. The van der Waals surface area contributed by atoms with Crippen LogP contribution in [0, 0.1) is 0 Å². The van der Waals surface area contributed by atoms with Gasteiger partial charge in [-0.05, 0) is 6.42 Å². The highest BCUT2D eigenvalue weighted by atomic mass is 16.2. The van der Waals surface area contributed by atoms with Crippen LogP contribution in [0.2, 0.25) is 0 Å². The first-order valence-electron chi connectivity index (χ1n) is 6.16. The van der Waals surface area contributed by atoms with Crippen molar-refractivity contribution in [3.8, 4) is 11.3 Å². The van der Waals surface area contributed by atoms with Crippen LogP contribution in [0.5, 0.6) is 0 Å². The molecule has 1 unspecified atom stereocenters. The van der Waals surface area contributed by atoms with Gasteiger partial charge in [-0.2, -0.15) is 0 Å². The molecule has 1 aliphatic heterocycles. The van der Waals surface area contributed by atoms with E-state index in [2.05, 4.69) is 10.3 Å². The smallest absolute Gasteiger partial charge is 0.249 e. The maximum Gasteiger partial charge on any atom is 0.249 e. The minimum atomic E-state index is -0.345. The summed E-state index contributed by atoms with van der Waals surface area (Å²) in [4.78, 5) is 27.2. The summed E-state index contributed by atoms with van der Waals surface area (Å²) in [6.07, 6.45) is 4.38. The molecule has 1 saturated heterocycles. The second kappa shape index (κ2) is 4.68. The highest BCUT2D eigenvalue weighted by molar-refractivity contribution is 5.99. The predicted molar refractivity (Wildman–Crippen MR) is 69.1 cm³/mol. The minimum Gasteiger partial charge on any atom is -0.324 e. The van der Waals surface area contributed by atoms with Gasteiger partial charge in [0.2, 0.25) is 11.8 Å². The number of benzene rings is 1.